The molecule has 1 saturated heterocycles. The summed E-state index contributed by atoms with van der Waals surface area (Å²) < 4.78 is 10.9. The Morgan fingerprint density at radius 2 is 1.65 bits per heavy atom. The van der Waals surface area contributed by atoms with E-state index in [9.17, 15) is 24.3 Å². The van der Waals surface area contributed by atoms with Crippen LogP contribution in [0.4, 0.5) is 0 Å². The van der Waals surface area contributed by atoms with Crippen molar-refractivity contribution in [3.05, 3.63) is 29.8 Å². The standard InChI is InChI=1S/C34H57N5O7/c1-25-8-6-18-39(25)34(44)29(36)10-3-5-17-38-33(43)24-46-21-20-45-19-7-11-31(41)27(9-2-4-16-35)23-32(42)30(37)22-26-12-14-28(40)15-13-26/h12-15,25,27,29-30,40H,2-11,16-24,35-37H2,1H3,(H,38,43)/t25-,27-,29+,30+/m1/s1. The van der Waals surface area contributed by atoms with E-state index in [1.807, 2.05) is 4.90 Å². The number of hydrogen-bond acceptors (Lipinski definition) is 10. The minimum Gasteiger partial charge on any atom is -0.508 e. The summed E-state index contributed by atoms with van der Waals surface area (Å²) in [6.45, 7) is 4.72. The summed E-state index contributed by atoms with van der Waals surface area (Å²) in [5, 5.41) is 12.3. The topological polar surface area (TPSA) is 200 Å². The Morgan fingerprint density at radius 1 is 0.935 bits per heavy atom. The average Bonchev–Trinajstić information content (AvgIpc) is 3.47. The number of Topliss-reactive ketones (excluding diaryl/α,β-unsaturated/α-hetero) is 2. The van der Waals surface area contributed by atoms with Gasteiger partial charge in [0.2, 0.25) is 11.8 Å². The molecular formula is C34H57N5O7. The van der Waals surface area contributed by atoms with Gasteiger partial charge in [0, 0.05) is 44.5 Å². The molecule has 0 spiro atoms. The quantitative estimate of drug-likeness (QED) is 0.0978. The number of phenolic OH excluding ortho intramolecular Hbond substituents is 1. The molecule has 46 heavy (non-hydrogen) atoms. The molecule has 8 N–H and O–H groups in total. The summed E-state index contributed by atoms with van der Waals surface area (Å²) in [4.78, 5) is 52.1. The van der Waals surface area contributed by atoms with E-state index in [1.165, 1.54) is 0 Å². The van der Waals surface area contributed by atoms with Crippen molar-refractivity contribution < 1.29 is 33.8 Å². The summed E-state index contributed by atoms with van der Waals surface area (Å²) in [6.07, 6.45) is 7.56. The molecule has 2 rings (SSSR count). The van der Waals surface area contributed by atoms with Gasteiger partial charge in [0.25, 0.3) is 0 Å². The number of rotatable bonds is 25. The Kier molecular flexibility index (Phi) is 19.3. The van der Waals surface area contributed by atoms with Crippen LogP contribution in [0.3, 0.4) is 0 Å². The predicted octanol–water partition coefficient (Wildman–Crippen LogP) is 1.97. The fourth-order valence-electron chi connectivity index (χ4n) is 5.61. The van der Waals surface area contributed by atoms with E-state index in [4.69, 9.17) is 26.7 Å². The molecular weight excluding hydrogens is 590 g/mol. The Balaban J connectivity index is 1.53. The molecule has 1 heterocycles. The highest BCUT2D eigenvalue weighted by Crippen LogP contribution is 2.20. The molecule has 1 aromatic carbocycles. The fourth-order valence-corrected chi connectivity index (χ4v) is 5.61. The van der Waals surface area contributed by atoms with Gasteiger partial charge in [-0.1, -0.05) is 18.6 Å². The minimum absolute atomic E-state index is 0.0218. The third-order valence-electron chi connectivity index (χ3n) is 8.45. The van der Waals surface area contributed by atoms with Crippen molar-refractivity contribution in [3.63, 3.8) is 0 Å². The van der Waals surface area contributed by atoms with Crippen LogP contribution >= 0.6 is 0 Å². The first-order chi connectivity index (χ1) is 22.1. The first kappa shape index (κ1) is 39.3. The van der Waals surface area contributed by atoms with Crippen LogP contribution in [0.25, 0.3) is 0 Å². The van der Waals surface area contributed by atoms with Crippen LogP contribution in [0.2, 0.25) is 0 Å². The van der Waals surface area contributed by atoms with Gasteiger partial charge in [-0.3, -0.25) is 19.2 Å². The zero-order chi connectivity index (χ0) is 33.7. The average molecular weight is 648 g/mol. The monoisotopic (exact) mass is 647 g/mol. The van der Waals surface area contributed by atoms with E-state index in [0.717, 1.165) is 50.6 Å². The number of amides is 2. The predicted molar refractivity (Wildman–Crippen MR) is 177 cm³/mol. The highest BCUT2D eigenvalue weighted by Gasteiger charge is 2.28. The van der Waals surface area contributed by atoms with Gasteiger partial charge in [-0.25, -0.2) is 0 Å². The minimum atomic E-state index is -0.718. The van der Waals surface area contributed by atoms with Crippen molar-refractivity contribution in [1.82, 2.24) is 10.2 Å². The number of nitrogens with zero attached hydrogens (tertiary/aromatic N) is 1. The van der Waals surface area contributed by atoms with Crippen LogP contribution in [0, 0.1) is 5.92 Å². The number of unbranched alkanes of at least 4 members (excludes halogenated alkanes) is 2. The molecule has 0 bridgehead atoms. The van der Waals surface area contributed by atoms with Crippen LogP contribution in [0.5, 0.6) is 5.75 Å². The summed E-state index contributed by atoms with van der Waals surface area (Å²) in [6, 6.07) is 5.63. The van der Waals surface area contributed by atoms with Crippen LogP contribution in [0.15, 0.2) is 24.3 Å². The van der Waals surface area contributed by atoms with Crippen molar-refractivity contribution in [1.29, 1.82) is 0 Å². The Bertz CT molecular complexity index is 1050. The summed E-state index contributed by atoms with van der Waals surface area (Å²) in [5.41, 5.74) is 18.7. The molecule has 12 heteroatoms. The molecule has 1 aliphatic heterocycles. The molecule has 0 aromatic heterocycles. The number of ketones is 2. The van der Waals surface area contributed by atoms with E-state index in [0.29, 0.717) is 58.4 Å². The van der Waals surface area contributed by atoms with Crippen LogP contribution < -0.4 is 22.5 Å². The van der Waals surface area contributed by atoms with E-state index in [2.05, 4.69) is 12.2 Å². The van der Waals surface area contributed by atoms with Crippen molar-refractivity contribution >= 4 is 23.4 Å². The number of ether oxygens (including phenoxy) is 2. The smallest absolute Gasteiger partial charge is 0.245 e. The van der Waals surface area contributed by atoms with Gasteiger partial charge in [-0.2, -0.15) is 0 Å². The van der Waals surface area contributed by atoms with Gasteiger partial charge in [0.1, 0.15) is 18.1 Å². The van der Waals surface area contributed by atoms with Gasteiger partial charge in [0.15, 0.2) is 5.78 Å². The zero-order valence-electron chi connectivity index (χ0n) is 27.6. The van der Waals surface area contributed by atoms with E-state index in [-0.39, 0.29) is 54.8 Å². The second kappa shape index (κ2) is 22.6. The first-order valence-electron chi connectivity index (χ1n) is 16.9. The molecule has 1 fully saturated rings. The number of nitrogens with two attached hydrogens (primary N) is 3. The normalized spacial score (nSPS) is 16.6. The number of carbonyl (C=O) groups excluding carboxylic acids is 4. The van der Waals surface area contributed by atoms with Gasteiger partial charge < -0.3 is 42.0 Å². The number of carbonyl (C=O) groups is 4. The number of aromatic hydroxyl groups is 1. The third-order valence-corrected chi connectivity index (χ3v) is 8.45. The molecule has 260 valence electrons. The number of nitrogens with one attached hydrogen (secondary N) is 1. The van der Waals surface area contributed by atoms with E-state index < -0.39 is 18.0 Å². The Morgan fingerprint density at radius 3 is 2.35 bits per heavy atom. The maximum atomic E-state index is 13.0. The van der Waals surface area contributed by atoms with Gasteiger partial charge in [-0.05, 0) is 89.0 Å². The maximum Gasteiger partial charge on any atom is 0.245 e. The number of benzene rings is 1. The largest absolute Gasteiger partial charge is 0.508 e. The lowest BCUT2D eigenvalue weighted by Gasteiger charge is -2.24. The summed E-state index contributed by atoms with van der Waals surface area (Å²) in [5.74, 6) is -0.571. The first-order valence-corrected chi connectivity index (χ1v) is 16.9. The van der Waals surface area contributed by atoms with E-state index in [1.54, 1.807) is 24.3 Å². The van der Waals surface area contributed by atoms with Crippen LogP contribution in [-0.2, 0) is 35.1 Å². The SMILES string of the molecule is C[C@@H]1CCCN1C(=O)[C@@H](N)CCCCNC(=O)COCCOCCCC(=O)[C@H](CCCCN)CC(=O)[C@@H](N)Cc1ccc(O)cc1. The Labute approximate surface area is 274 Å². The lowest BCUT2D eigenvalue weighted by atomic mass is 9.87. The van der Waals surface area contributed by atoms with Crippen LogP contribution in [0.1, 0.15) is 83.1 Å². The van der Waals surface area contributed by atoms with Crippen molar-refractivity contribution in [2.24, 2.45) is 23.1 Å². The van der Waals surface area contributed by atoms with Gasteiger partial charge in [-0.15, -0.1) is 0 Å². The fraction of sp³-hybridized carbons (Fsp3) is 0.706. The third kappa shape index (κ3) is 15.6. The number of hydrogen-bond donors (Lipinski definition) is 5. The molecule has 0 aliphatic carbocycles. The molecule has 0 unspecified atom stereocenters. The lowest BCUT2D eigenvalue weighted by Crippen LogP contribution is -2.45. The lowest BCUT2D eigenvalue weighted by molar-refractivity contribution is -0.133. The number of likely N-dealkylation sites (tertiary alicyclic amines) is 1. The summed E-state index contributed by atoms with van der Waals surface area (Å²) >= 11 is 0. The van der Waals surface area contributed by atoms with Gasteiger partial charge in [0.05, 0.1) is 25.3 Å². The molecule has 2 amide bonds. The molecule has 1 aromatic rings. The van der Waals surface area contributed by atoms with Crippen molar-refractivity contribution in [2.45, 2.75) is 102 Å². The Hall–Kier alpha value is -2.90. The second-order valence-corrected chi connectivity index (χ2v) is 12.3. The summed E-state index contributed by atoms with van der Waals surface area (Å²) in [7, 11) is 0. The zero-order valence-corrected chi connectivity index (χ0v) is 27.6. The number of phenols is 1. The second-order valence-electron chi connectivity index (χ2n) is 12.3. The van der Waals surface area contributed by atoms with Crippen LogP contribution in [-0.4, -0.2) is 97.6 Å². The molecule has 1 aliphatic rings. The molecule has 0 radical (unpaired) electrons. The highest BCUT2D eigenvalue weighted by molar-refractivity contribution is 5.90. The maximum absolute atomic E-state index is 13.0. The molecule has 4 atom stereocenters. The molecule has 12 nitrogen and oxygen atoms in total. The van der Waals surface area contributed by atoms with Crippen molar-refractivity contribution in [3.8, 4) is 5.75 Å². The molecule has 0 saturated carbocycles. The van der Waals surface area contributed by atoms with Crippen molar-refractivity contribution in [2.75, 3.05) is 46.1 Å². The highest BCUT2D eigenvalue weighted by atomic mass is 16.5. The van der Waals surface area contributed by atoms with Gasteiger partial charge >= 0.3 is 0 Å². The van der Waals surface area contributed by atoms with E-state index >= 15 is 0 Å².